The van der Waals surface area contributed by atoms with Crippen LogP contribution in [0.5, 0.6) is 0 Å². The third kappa shape index (κ3) is 6.45. The number of alkyl halides is 3. The minimum atomic E-state index is -4.31. The molecule has 222 valence electrons. The number of hydrogen-bond donors (Lipinski definition) is 1. The monoisotopic (exact) mass is 557 g/mol. The highest BCUT2D eigenvalue weighted by Gasteiger charge is 2.52. The van der Waals surface area contributed by atoms with Gasteiger partial charge in [-0.1, -0.05) is 50.8 Å². The van der Waals surface area contributed by atoms with Crippen molar-refractivity contribution in [2.45, 2.75) is 121 Å². The summed E-state index contributed by atoms with van der Waals surface area (Å²) in [6.07, 6.45) is 15.9. The Hall–Kier alpha value is -1.49. The molecule has 5 heteroatoms. The first-order valence-corrected chi connectivity index (χ1v) is 16.4. The van der Waals surface area contributed by atoms with E-state index < -0.39 is 11.7 Å². The van der Waals surface area contributed by atoms with Crippen molar-refractivity contribution in [2.75, 3.05) is 13.1 Å². The molecule has 0 aromatic heterocycles. The standard InChI is InChI=1S/C35H50F3NO/c1-24(40)15-26-7-12-33(32(19-26)30-8-10-31(11-9-30)35(36,37)38)39(14-13-25-5-3-2-4-6-25)23-34-20-27-16-28(21-34)18-29(17-27)22-34/h8-11,25-29,32-33,40H,1-7,12-23H2/t26-,27?,28?,29?,32-,33+,34?/m0/s1. The fraction of sp³-hybridized carbons (Fsp3) is 0.771. The smallest absolute Gasteiger partial charge is 0.416 e. The topological polar surface area (TPSA) is 23.5 Å². The van der Waals surface area contributed by atoms with Crippen molar-refractivity contribution < 1.29 is 18.3 Å². The number of allylic oxidation sites excluding steroid dienone is 1. The van der Waals surface area contributed by atoms with Gasteiger partial charge in [-0.3, -0.25) is 4.90 Å². The van der Waals surface area contributed by atoms with E-state index in [0.717, 1.165) is 55.0 Å². The molecule has 40 heavy (non-hydrogen) atoms. The molecule has 3 atom stereocenters. The number of rotatable bonds is 9. The van der Waals surface area contributed by atoms with Crippen molar-refractivity contribution >= 4 is 0 Å². The van der Waals surface area contributed by atoms with Gasteiger partial charge in [-0.15, -0.1) is 0 Å². The lowest BCUT2D eigenvalue weighted by Gasteiger charge is -2.59. The van der Waals surface area contributed by atoms with Gasteiger partial charge in [0.2, 0.25) is 0 Å². The molecule has 4 bridgehead atoms. The average Bonchev–Trinajstić information content (AvgIpc) is 2.90. The molecule has 0 spiro atoms. The van der Waals surface area contributed by atoms with Crippen LogP contribution in [0.15, 0.2) is 36.6 Å². The minimum Gasteiger partial charge on any atom is -0.513 e. The van der Waals surface area contributed by atoms with Crippen LogP contribution in [0.4, 0.5) is 13.2 Å². The van der Waals surface area contributed by atoms with Crippen molar-refractivity contribution in [3.8, 4) is 0 Å². The number of nitrogens with zero attached hydrogens (tertiary/aromatic N) is 1. The van der Waals surface area contributed by atoms with E-state index >= 15 is 0 Å². The molecule has 2 nitrogen and oxygen atoms in total. The number of halogens is 3. The number of aliphatic hydroxyl groups excluding tert-OH is 1. The van der Waals surface area contributed by atoms with Crippen LogP contribution in [0.1, 0.15) is 120 Å². The van der Waals surface area contributed by atoms with Crippen LogP contribution in [0.25, 0.3) is 0 Å². The normalized spacial score (nSPS) is 36.3. The first-order valence-electron chi connectivity index (χ1n) is 16.4. The molecule has 7 rings (SSSR count). The fourth-order valence-corrected chi connectivity index (χ4v) is 10.6. The molecule has 0 aliphatic heterocycles. The summed E-state index contributed by atoms with van der Waals surface area (Å²) < 4.78 is 40.3. The largest absolute Gasteiger partial charge is 0.513 e. The van der Waals surface area contributed by atoms with Gasteiger partial charge in [-0.2, -0.15) is 13.2 Å². The second kappa shape index (κ2) is 11.7. The molecule has 0 unspecified atom stereocenters. The maximum atomic E-state index is 13.4. The zero-order valence-corrected chi connectivity index (χ0v) is 24.3. The van der Waals surface area contributed by atoms with Crippen LogP contribution in [-0.4, -0.2) is 29.1 Å². The van der Waals surface area contributed by atoms with E-state index in [0.29, 0.717) is 23.8 Å². The van der Waals surface area contributed by atoms with Crippen LogP contribution in [0, 0.1) is 35.0 Å². The lowest BCUT2D eigenvalue weighted by molar-refractivity contribution is -0.137. The van der Waals surface area contributed by atoms with Gasteiger partial charge in [0.15, 0.2) is 0 Å². The van der Waals surface area contributed by atoms with E-state index in [9.17, 15) is 18.3 Å². The third-order valence-electron chi connectivity index (χ3n) is 11.8. The molecule has 0 radical (unpaired) electrons. The Kier molecular flexibility index (Phi) is 8.34. The second-order valence-corrected chi connectivity index (χ2v) is 14.9. The quantitative estimate of drug-likeness (QED) is 0.305. The Morgan fingerprint density at radius 2 is 1.48 bits per heavy atom. The summed E-state index contributed by atoms with van der Waals surface area (Å²) in [5, 5.41) is 10.0. The Bertz CT molecular complexity index is 975. The zero-order chi connectivity index (χ0) is 27.9. The summed E-state index contributed by atoms with van der Waals surface area (Å²) in [5.41, 5.74) is 0.924. The van der Waals surface area contributed by atoms with Crippen LogP contribution in [0.2, 0.25) is 0 Å². The number of aliphatic hydroxyl groups is 1. The van der Waals surface area contributed by atoms with E-state index in [1.165, 1.54) is 95.7 Å². The Labute approximate surface area is 239 Å². The molecule has 0 saturated heterocycles. The van der Waals surface area contributed by atoms with E-state index in [1.807, 2.05) is 0 Å². The predicted molar refractivity (Wildman–Crippen MR) is 155 cm³/mol. The molecule has 6 saturated carbocycles. The van der Waals surface area contributed by atoms with Crippen molar-refractivity contribution in [2.24, 2.45) is 35.0 Å². The summed E-state index contributed by atoms with van der Waals surface area (Å²) in [7, 11) is 0. The van der Waals surface area contributed by atoms with Crippen molar-refractivity contribution in [1.29, 1.82) is 0 Å². The summed E-state index contributed by atoms with van der Waals surface area (Å²) in [6.45, 7) is 6.08. The Balaban J connectivity index is 1.27. The Morgan fingerprint density at radius 3 is 2.05 bits per heavy atom. The lowest BCUT2D eigenvalue weighted by Crippen LogP contribution is -2.54. The van der Waals surface area contributed by atoms with Gasteiger partial charge in [0.05, 0.1) is 11.3 Å². The first-order chi connectivity index (χ1) is 19.2. The van der Waals surface area contributed by atoms with Crippen LogP contribution in [0.3, 0.4) is 0 Å². The Morgan fingerprint density at radius 1 is 0.850 bits per heavy atom. The van der Waals surface area contributed by atoms with Gasteiger partial charge < -0.3 is 5.11 Å². The SMILES string of the molecule is C=C(O)C[C@@H]1CC[C@@H](N(CCC2CCCCC2)CC23CC4CC(CC(C4)C2)C3)[C@H](c2ccc(C(F)(F)F)cc2)C1. The van der Waals surface area contributed by atoms with E-state index in [1.54, 1.807) is 12.1 Å². The highest BCUT2D eigenvalue weighted by atomic mass is 19.4. The molecular weight excluding hydrogens is 507 g/mol. The average molecular weight is 558 g/mol. The molecule has 1 aromatic carbocycles. The predicted octanol–water partition coefficient (Wildman–Crippen LogP) is 9.91. The molecule has 1 aromatic rings. The van der Waals surface area contributed by atoms with Crippen molar-refractivity contribution in [1.82, 2.24) is 4.90 Å². The molecule has 1 N–H and O–H groups in total. The number of benzene rings is 1. The van der Waals surface area contributed by atoms with Gasteiger partial charge in [-0.05, 0) is 129 Å². The van der Waals surface area contributed by atoms with Gasteiger partial charge >= 0.3 is 6.18 Å². The highest BCUT2D eigenvalue weighted by molar-refractivity contribution is 5.29. The van der Waals surface area contributed by atoms with Gasteiger partial charge in [-0.25, -0.2) is 0 Å². The summed E-state index contributed by atoms with van der Waals surface area (Å²) in [6, 6.07) is 6.43. The van der Waals surface area contributed by atoms with Crippen LogP contribution < -0.4 is 0 Å². The maximum absolute atomic E-state index is 13.4. The lowest BCUT2D eigenvalue weighted by atomic mass is 9.49. The minimum absolute atomic E-state index is 0.195. The zero-order valence-electron chi connectivity index (χ0n) is 24.3. The van der Waals surface area contributed by atoms with Gasteiger partial charge in [0, 0.05) is 19.0 Å². The maximum Gasteiger partial charge on any atom is 0.416 e. The van der Waals surface area contributed by atoms with Crippen LogP contribution >= 0.6 is 0 Å². The molecule has 0 amide bonds. The van der Waals surface area contributed by atoms with Gasteiger partial charge in [0.25, 0.3) is 0 Å². The van der Waals surface area contributed by atoms with E-state index in [-0.39, 0.29) is 11.7 Å². The third-order valence-corrected chi connectivity index (χ3v) is 11.8. The van der Waals surface area contributed by atoms with Crippen LogP contribution in [-0.2, 0) is 6.18 Å². The van der Waals surface area contributed by atoms with Crippen molar-refractivity contribution in [3.63, 3.8) is 0 Å². The fourth-order valence-electron chi connectivity index (χ4n) is 10.6. The van der Waals surface area contributed by atoms with Gasteiger partial charge in [0.1, 0.15) is 0 Å². The molecule has 6 aliphatic carbocycles. The first kappa shape index (κ1) is 28.6. The molecular formula is C35H50F3NO. The second-order valence-electron chi connectivity index (χ2n) is 14.9. The molecule has 0 heterocycles. The van der Waals surface area contributed by atoms with E-state index in [2.05, 4.69) is 11.5 Å². The highest BCUT2D eigenvalue weighted by Crippen LogP contribution is 2.60. The van der Waals surface area contributed by atoms with E-state index in [4.69, 9.17) is 0 Å². The summed E-state index contributed by atoms with van der Waals surface area (Å²) in [5.74, 6) is 4.35. The van der Waals surface area contributed by atoms with Crippen molar-refractivity contribution in [3.05, 3.63) is 47.7 Å². The summed E-state index contributed by atoms with van der Waals surface area (Å²) in [4.78, 5) is 2.87. The summed E-state index contributed by atoms with van der Waals surface area (Å²) >= 11 is 0. The molecule has 6 aliphatic rings. The number of hydrogen-bond acceptors (Lipinski definition) is 2. The molecule has 6 fully saturated rings.